The molecule has 0 unspecified atom stereocenters. The van der Waals surface area contributed by atoms with Gasteiger partial charge in [-0.25, -0.2) is 23.5 Å². The van der Waals surface area contributed by atoms with Crippen molar-refractivity contribution in [2.75, 3.05) is 14.2 Å². The van der Waals surface area contributed by atoms with Crippen molar-refractivity contribution in [3.05, 3.63) is 17.6 Å². The van der Waals surface area contributed by atoms with Crippen LogP contribution in [-0.4, -0.2) is 30.2 Å². The average Bonchev–Trinajstić information content (AvgIpc) is 2.27. The molecule has 0 bridgehead atoms. The normalized spacial score (nSPS) is 10.2. The third kappa shape index (κ3) is 2.36. The summed E-state index contributed by atoms with van der Waals surface area (Å²) in [6.45, 7) is 0. The van der Waals surface area contributed by atoms with Gasteiger partial charge in [-0.15, -0.1) is 0 Å². The van der Waals surface area contributed by atoms with Crippen molar-refractivity contribution >= 4 is 5.97 Å². The molecular weight excluding hydrogens is 210 g/mol. The summed E-state index contributed by atoms with van der Waals surface area (Å²) in [6, 6.07) is 0. The SMILES string of the molecule is COC(=O)c1ncc(C(F)F)nc1OC. The maximum absolute atomic E-state index is 12.2. The molecule has 1 aromatic rings. The second-order valence-corrected chi connectivity index (χ2v) is 2.45. The fourth-order valence-electron chi connectivity index (χ4n) is 0.869. The molecule has 0 saturated carbocycles. The molecule has 0 aliphatic carbocycles. The Morgan fingerprint density at radius 2 is 2.13 bits per heavy atom. The van der Waals surface area contributed by atoms with Crippen LogP contribution in [0.1, 0.15) is 22.6 Å². The molecule has 7 heteroatoms. The molecule has 1 heterocycles. The van der Waals surface area contributed by atoms with Gasteiger partial charge >= 0.3 is 5.97 Å². The molecule has 0 amide bonds. The summed E-state index contributed by atoms with van der Waals surface area (Å²) in [5, 5.41) is 0. The predicted molar refractivity (Wildman–Crippen MR) is 44.9 cm³/mol. The second kappa shape index (κ2) is 4.63. The van der Waals surface area contributed by atoms with Gasteiger partial charge in [0.15, 0.2) is 0 Å². The zero-order valence-electron chi connectivity index (χ0n) is 8.03. The van der Waals surface area contributed by atoms with Crippen LogP contribution in [0.2, 0.25) is 0 Å². The van der Waals surface area contributed by atoms with E-state index >= 15 is 0 Å². The van der Waals surface area contributed by atoms with E-state index in [1.165, 1.54) is 7.11 Å². The van der Waals surface area contributed by atoms with Gasteiger partial charge in [0.2, 0.25) is 11.6 Å². The molecule has 0 fully saturated rings. The zero-order valence-corrected chi connectivity index (χ0v) is 8.03. The summed E-state index contributed by atoms with van der Waals surface area (Å²) in [4.78, 5) is 18.0. The highest BCUT2D eigenvalue weighted by Crippen LogP contribution is 2.20. The Kier molecular flexibility index (Phi) is 3.48. The van der Waals surface area contributed by atoms with E-state index in [-0.39, 0.29) is 11.6 Å². The van der Waals surface area contributed by atoms with E-state index in [9.17, 15) is 13.6 Å². The van der Waals surface area contributed by atoms with Crippen LogP contribution in [0, 0.1) is 0 Å². The molecule has 5 nitrogen and oxygen atoms in total. The fourth-order valence-corrected chi connectivity index (χ4v) is 0.869. The van der Waals surface area contributed by atoms with Crippen molar-refractivity contribution in [2.45, 2.75) is 6.43 Å². The van der Waals surface area contributed by atoms with Crippen LogP contribution in [0.15, 0.2) is 6.20 Å². The van der Waals surface area contributed by atoms with Crippen LogP contribution in [0.3, 0.4) is 0 Å². The molecule has 0 radical (unpaired) electrons. The van der Waals surface area contributed by atoms with Gasteiger partial charge in [-0.2, -0.15) is 0 Å². The van der Waals surface area contributed by atoms with Crippen molar-refractivity contribution in [3.63, 3.8) is 0 Å². The predicted octanol–water partition coefficient (Wildman–Crippen LogP) is 1.21. The van der Waals surface area contributed by atoms with Crippen LogP contribution in [0.5, 0.6) is 5.88 Å². The lowest BCUT2D eigenvalue weighted by Crippen LogP contribution is -2.09. The third-order valence-corrected chi connectivity index (χ3v) is 1.55. The first-order chi connectivity index (χ1) is 7.10. The molecule has 0 aliphatic heterocycles. The van der Waals surface area contributed by atoms with E-state index in [0.29, 0.717) is 0 Å². The molecule has 15 heavy (non-hydrogen) atoms. The summed E-state index contributed by atoms with van der Waals surface area (Å²) in [7, 11) is 2.34. The van der Waals surface area contributed by atoms with Gasteiger partial charge < -0.3 is 9.47 Å². The molecule has 0 spiro atoms. The number of hydrogen-bond donors (Lipinski definition) is 0. The summed E-state index contributed by atoms with van der Waals surface area (Å²) in [6.07, 6.45) is -1.96. The first kappa shape index (κ1) is 11.3. The largest absolute Gasteiger partial charge is 0.479 e. The molecule has 82 valence electrons. The quantitative estimate of drug-likeness (QED) is 0.713. The Morgan fingerprint density at radius 3 is 2.60 bits per heavy atom. The standard InChI is InChI=1S/C8H8F2N2O3/c1-14-7-5(8(13)15-2)11-3-4(12-7)6(9)10/h3,6H,1-2H3. The van der Waals surface area contributed by atoms with E-state index < -0.39 is 18.1 Å². The van der Waals surface area contributed by atoms with Gasteiger partial charge in [-0.1, -0.05) is 0 Å². The maximum atomic E-state index is 12.2. The molecule has 1 aromatic heterocycles. The molecule has 0 atom stereocenters. The molecule has 0 saturated heterocycles. The van der Waals surface area contributed by atoms with Crippen LogP contribution in [-0.2, 0) is 4.74 Å². The molecule has 0 aromatic carbocycles. The number of ether oxygens (including phenoxy) is 2. The minimum absolute atomic E-state index is 0.232. The summed E-state index contributed by atoms with van der Waals surface area (Å²) >= 11 is 0. The van der Waals surface area contributed by atoms with E-state index in [1.807, 2.05) is 0 Å². The molecule has 0 aliphatic rings. The Labute approximate surface area is 84.1 Å². The van der Waals surface area contributed by atoms with Crippen LogP contribution >= 0.6 is 0 Å². The Bertz CT molecular complexity index is 371. The number of methoxy groups -OCH3 is 2. The average molecular weight is 218 g/mol. The highest BCUT2D eigenvalue weighted by Gasteiger charge is 2.19. The van der Waals surface area contributed by atoms with Gasteiger partial charge in [0.25, 0.3) is 6.43 Å². The number of rotatable bonds is 3. The van der Waals surface area contributed by atoms with Crippen LogP contribution in [0.25, 0.3) is 0 Å². The molecular formula is C8H8F2N2O3. The topological polar surface area (TPSA) is 61.3 Å². The fraction of sp³-hybridized carbons (Fsp3) is 0.375. The highest BCUT2D eigenvalue weighted by molar-refractivity contribution is 5.89. The number of carbonyl (C=O) groups is 1. The van der Waals surface area contributed by atoms with Gasteiger partial charge in [0.05, 0.1) is 20.4 Å². The van der Waals surface area contributed by atoms with Crippen molar-refractivity contribution < 1.29 is 23.0 Å². The zero-order chi connectivity index (χ0) is 11.4. The second-order valence-electron chi connectivity index (χ2n) is 2.45. The number of nitrogens with zero attached hydrogens (tertiary/aromatic N) is 2. The molecule has 1 rings (SSSR count). The van der Waals surface area contributed by atoms with Crippen molar-refractivity contribution in [2.24, 2.45) is 0 Å². The van der Waals surface area contributed by atoms with Crippen molar-refractivity contribution in [3.8, 4) is 5.88 Å². The van der Waals surface area contributed by atoms with E-state index in [2.05, 4.69) is 19.4 Å². The third-order valence-electron chi connectivity index (χ3n) is 1.55. The van der Waals surface area contributed by atoms with E-state index in [4.69, 9.17) is 0 Å². The number of carbonyl (C=O) groups excluding carboxylic acids is 1. The van der Waals surface area contributed by atoms with Crippen LogP contribution in [0.4, 0.5) is 8.78 Å². The van der Waals surface area contributed by atoms with Gasteiger partial charge in [-0.05, 0) is 0 Å². The lowest BCUT2D eigenvalue weighted by molar-refractivity contribution is 0.0587. The summed E-state index contributed by atoms with van der Waals surface area (Å²) in [5.41, 5.74) is -0.788. The van der Waals surface area contributed by atoms with Crippen molar-refractivity contribution in [1.82, 2.24) is 9.97 Å². The summed E-state index contributed by atoms with van der Waals surface area (Å²) in [5.74, 6) is -1.07. The van der Waals surface area contributed by atoms with Gasteiger partial charge in [-0.3, -0.25) is 0 Å². The van der Waals surface area contributed by atoms with Crippen molar-refractivity contribution in [1.29, 1.82) is 0 Å². The minimum atomic E-state index is -2.77. The maximum Gasteiger partial charge on any atom is 0.362 e. The Balaban J connectivity index is 3.15. The van der Waals surface area contributed by atoms with E-state index in [0.717, 1.165) is 13.3 Å². The smallest absolute Gasteiger partial charge is 0.362 e. The minimum Gasteiger partial charge on any atom is -0.479 e. The number of hydrogen-bond acceptors (Lipinski definition) is 5. The Hall–Kier alpha value is -1.79. The Morgan fingerprint density at radius 1 is 1.47 bits per heavy atom. The van der Waals surface area contributed by atoms with Gasteiger partial charge in [0.1, 0.15) is 5.69 Å². The van der Waals surface area contributed by atoms with Gasteiger partial charge in [0, 0.05) is 0 Å². The molecule has 0 N–H and O–H groups in total. The number of halogens is 2. The van der Waals surface area contributed by atoms with Crippen LogP contribution < -0.4 is 4.74 Å². The monoisotopic (exact) mass is 218 g/mol. The number of alkyl halides is 2. The number of esters is 1. The first-order valence-electron chi connectivity index (χ1n) is 3.87. The lowest BCUT2D eigenvalue weighted by atomic mass is 10.4. The summed E-state index contributed by atoms with van der Waals surface area (Å²) < 4.78 is 33.5. The highest BCUT2D eigenvalue weighted by atomic mass is 19.3. The number of aromatic nitrogens is 2. The van der Waals surface area contributed by atoms with E-state index in [1.54, 1.807) is 0 Å². The lowest BCUT2D eigenvalue weighted by Gasteiger charge is -2.06. The first-order valence-corrected chi connectivity index (χ1v) is 3.87.